The number of carbonyl (C=O) groups excluding carboxylic acids is 1. The molecule has 0 saturated carbocycles. The van der Waals surface area contributed by atoms with Crippen molar-refractivity contribution in [3.8, 4) is 0 Å². The van der Waals surface area contributed by atoms with E-state index in [-0.39, 0.29) is 6.03 Å². The van der Waals surface area contributed by atoms with E-state index in [1.807, 2.05) is 0 Å². The average Bonchev–Trinajstić information content (AvgIpc) is 2.59. The van der Waals surface area contributed by atoms with Crippen LogP contribution in [0.25, 0.3) is 0 Å². The van der Waals surface area contributed by atoms with Crippen LogP contribution >= 0.6 is 11.3 Å². The molecule has 1 aliphatic heterocycles. The quantitative estimate of drug-likeness (QED) is 0.818. The Morgan fingerprint density at radius 3 is 3.25 bits per heavy atom. The van der Waals surface area contributed by atoms with Gasteiger partial charge in [-0.3, -0.25) is 5.32 Å². The fourth-order valence-corrected chi connectivity index (χ4v) is 2.69. The van der Waals surface area contributed by atoms with E-state index in [9.17, 15) is 4.79 Å². The second-order valence-electron chi connectivity index (χ2n) is 3.68. The van der Waals surface area contributed by atoms with Gasteiger partial charge in [-0.05, 0) is 13.2 Å². The van der Waals surface area contributed by atoms with Crippen LogP contribution in [0.1, 0.15) is 10.6 Å². The van der Waals surface area contributed by atoms with Crippen molar-refractivity contribution in [2.45, 2.75) is 13.0 Å². The van der Waals surface area contributed by atoms with Crippen molar-refractivity contribution in [3.05, 3.63) is 23.3 Å². The Morgan fingerprint density at radius 1 is 1.69 bits per heavy atom. The number of carbonyl (C=O) groups is 1. The summed E-state index contributed by atoms with van der Waals surface area (Å²) in [6, 6.07) is -0.297. The van der Waals surface area contributed by atoms with Gasteiger partial charge in [0, 0.05) is 24.4 Å². The zero-order valence-electron chi connectivity index (χ0n) is 9.12. The normalized spacial score (nSPS) is 15.3. The highest BCUT2D eigenvalue weighted by Crippen LogP contribution is 2.27. The third-order valence-corrected chi connectivity index (χ3v) is 3.37. The van der Waals surface area contributed by atoms with Crippen LogP contribution in [0.4, 0.5) is 9.93 Å². The first-order valence-electron chi connectivity index (χ1n) is 5.04. The average molecular weight is 238 g/mol. The lowest BCUT2D eigenvalue weighted by Gasteiger charge is -2.20. The monoisotopic (exact) mass is 238 g/mol. The number of fused-ring (bicyclic) bond motifs is 1. The number of nitrogens with zero attached hydrogens (tertiary/aromatic N) is 2. The molecule has 1 aromatic rings. The summed E-state index contributed by atoms with van der Waals surface area (Å²) < 4.78 is 0. The Hall–Kier alpha value is -1.40. The lowest BCUT2D eigenvalue weighted by Crippen LogP contribution is -2.25. The van der Waals surface area contributed by atoms with Crippen LogP contribution in [0.2, 0.25) is 0 Å². The summed E-state index contributed by atoms with van der Waals surface area (Å²) >= 11 is 1.53. The summed E-state index contributed by atoms with van der Waals surface area (Å²) in [6.07, 6.45) is 2.30. The molecule has 0 spiro atoms. The van der Waals surface area contributed by atoms with Gasteiger partial charge in [-0.15, -0.1) is 11.3 Å². The van der Waals surface area contributed by atoms with Gasteiger partial charge in [-0.1, -0.05) is 6.58 Å². The van der Waals surface area contributed by atoms with E-state index in [1.165, 1.54) is 22.4 Å². The Balaban J connectivity index is 2.07. The molecule has 0 radical (unpaired) electrons. The van der Waals surface area contributed by atoms with Crippen molar-refractivity contribution in [2.24, 2.45) is 0 Å². The molecule has 0 aromatic carbocycles. The lowest BCUT2D eigenvalue weighted by molar-refractivity contribution is 0.255. The van der Waals surface area contributed by atoms with Crippen LogP contribution < -0.4 is 10.6 Å². The van der Waals surface area contributed by atoms with Crippen molar-refractivity contribution in [2.75, 3.05) is 18.9 Å². The number of likely N-dealkylation sites (N-methyl/N-ethyl adjacent to an activating group) is 1. The molecule has 0 bridgehead atoms. The second kappa shape index (κ2) is 4.63. The van der Waals surface area contributed by atoms with Crippen LogP contribution in [0.5, 0.6) is 0 Å². The van der Waals surface area contributed by atoms with Crippen LogP contribution in [0.3, 0.4) is 0 Å². The van der Waals surface area contributed by atoms with Crippen molar-refractivity contribution >= 4 is 22.5 Å². The number of rotatable bonds is 2. The summed E-state index contributed by atoms with van der Waals surface area (Å²) in [7, 11) is 2.08. The molecule has 16 heavy (non-hydrogen) atoms. The summed E-state index contributed by atoms with van der Waals surface area (Å²) in [4.78, 5) is 19.1. The molecule has 2 heterocycles. The van der Waals surface area contributed by atoms with Gasteiger partial charge in [0.05, 0.1) is 5.69 Å². The molecule has 86 valence electrons. The van der Waals surface area contributed by atoms with E-state index in [0.29, 0.717) is 5.13 Å². The summed E-state index contributed by atoms with van der Waals surface area (Å²) in [6.45, 7) is 5.36. The van der Waals surface area contributed by atoms with Gasteiger partial charge >= 0.3 is 6.03 Å². The molecule has 1 aromatic heterocycles. The molecule has 0 aliphatic carbocycles. The number of hydrogen-bond acceptors (Lipinski definition) is 4. The molecule has 2 N–H and O–H groups in total. The Bertz CT molecular complexity index is 415. The van der Waals surface area contributed by atoms with Crippen LogP contribution in [0.15, 0.2) is 12.8 Å². The minimum Gasteiger partial charge on any atom is -0.315 e. The Labute approximate surface area is 98.2 Å². The highest BCUT2D eigenvalue weighted by atomic mass is 32.1. The summed E-state index contributed by atoms with van der Waals surface area (Å²) in [5.41, 5.74) is 1.11. The minimum atomic E-state index is -0.297. The van der Waals surface area contributed by atoms with Crippen molar-refractivity contribution in [3.63, 3.8) is 0 Å². The number of thiazole rings is 1. The molecular formula is C10H14N4OS. The van der Waals surface area contributed by atoms with Crippen LogP contribution in [0, 0.1) is 0 Å². The number of anilines is 1. The smallest absolute Gasteiger partial charge is 0.315 e. The Kier molecular flexibility index (Phi) is 3.21. The molecule has 6 heteroatoms. The third-order valence-electron chi connectivity index (χ3n) is 2.38. The van der Waals surface area contributed by atoms with Gasteiger partial charge in [0.2, 0.25) is 0 Å². The van der Waals surface area contributed by atoms with E-state index in [1.54, 1.807) is 0 Å². The van der Waals surface area contributed by atoms with Gasteiger partial charge in [0.1, 0.15) is 0 Å². The van der Waals surface area contributed by atoms with E-state index < -0.39 is 0 Å². The highest BCUT2D eigenvalue weighted by molar-refractivity contribution is 7.15. The fraction of sp³-hybridized carbons (Fsp3) is 0.400. The highest BCUT2D eigenvalue weighted by Gasteiger charge is 2.18. The molecule has 2 rings (SSSR count). The third kappa shape index (κ3) is 2.40. The Morgan fingerprint density at radius 2 is 2.50 bits per heavy atom. The molecular weight excluding hydrogens is 224 g/mol. The number of amides is 2. The summed E-state index contributed by atoms with van der Waals surface area (Å²) in [5, 5.41) is 5.79. The van der Waals surface area contributed by atoms with E-state index in [0.717, 1.165) is 25.2 Å². The zero-order chi connectivity index (χ0) is 11.5. The van der Waals surface area contributed by atoms with Gasteiger partial charge in [0.25, 0.3) is 0 Å². The predicted octanol–water partition coefficient (Wildman–Crippen LogP) is 1.40. The first-order valence-corrected chi connectivity index (χ1v) is 5.86. The number of nitrogens with one attached hydrogen (secondary N) is 2. The molecule has 0 unspecified atom stereocenters. The SMILES string of the molecule is C=CNC(=O)Nc1nc2c(s1)CN(C)CC2. The largest absolute Gasteiger partial charge is 0.324 e. The molecule has 0 atom stereocenters. The standard InChI is InChI=1S/C10H14N4OS/c1-3-11-9(15)13-10-12-7-4-5-14(2)6-8(7)16-10/h3H,1,4-6H2,2H3,(H2,11,12,13,15). The van der Waals surface area contributed by atoms with Gasteiger partial charge in [0.15, 0.2) is 5.13 Å². The van der Waals surface area contributed by atoms with Gasteiger partial charge in [-0.2, -0.15) is 0 Å². The second-order valence-corrected chi connectivity index (χ2v) is 4.76. The van der Waals surface area contributed by atoms with Crippen molar-refractivity contribution in [1.29, 1.82) is 0 Å². The van der Waals surface area contributed by atoms with Crippen LogP contribution in [-0.4, -0.2) is 29.5 Å². The maximum absolute atomic E-state index is 11.3. The first kappa shape index (κ1) is 11.1. The molecule has 5 nitrogen and oxygen atoms in total. The molecule has 2 amide bonds. The maximum Gasteiger partial charge on any atom is 0.324 e. The molecule has 1 aliphatic rings. The summed E-state index contributed by atoms with van der Waals surface area (Å²) in [5.74, 6) is 0. The maximum atomic E-state index is 11.3. The minimum absolute atomic E-state index is 0.297. The lowest BCUT2D eigenvalue weighted by atomic mass is 10.2. The van der Waals surface area contributed by atoms with Gasteiger partial charge in [-0.25, -0.2) is 9.78 Å². The molecule has 0 saturated heterocycles. The van der Waals surface area contributed by atoms with Crippen LogP contribution in [-0.2, 0) is 13.0 Å². The van der Waals surface area contributed by atoms with E-state index in [4.69, 9.17) is 0 Å². The van der Waals surface area contributed by atoms with Gasteiger partial charge < -0.3 is 10.2 Å². The van der Waals surface area contributed by atoms with E-state index >= 15 is 0 Å². The topological polar surface area (TPSA) is 57.3 Å². The van der Waals surface area contributed by atoms with Crippen molar-refractivity contribution < 1.29 is 4.79 Å². The number of hydrogen-bond donors (Lipinski definition) is 2. The zero-order valence-corrected chi connectivity index (χ0v) is 9.93. The first-order chi connectivity index (χ1) is 7.69. The number of urea groups is 1. The fourth-order valence-electron chi connectivity index (χ4n) is 1.60. The predicted molar refractivity (Wildman–Crippen MR) is 64.5 cm³/mol. The van der Waals surface area contributed by atoms with Crippen molar-refractivity contribution in [1.82, 2.24) is 15.2 Å². The number of aromatic nitrogens is 1. The molecule has 0 fully saturated rings. The van der Waals surface area contributed by atoms with E-state index in [2.05, 4.69) is 34.1 Å².